The molecule has 0 aliphatic rings. The van der Waals surface area contributed by atoms with Gasteiger partial charge in [-0.05, 0) is 41.8 Å². The van der Waals surface area contributed by atoms with E-state index in [1.807, 2.05) is 36.4 Å². The number of phenolic OH excluding ortho intramolecular Hbond substituents is 1. The van der Waals surface area contributed by atoms with Crippen molar-refractivity contribution in [3.05, 3.63) is 65.2 Å². The number of hydrogen-bond donors (Lipinski definition) is 1. The second-order valence-corrected chi connectivity index (χ2v) is 4.75. The number of aromatic hydroxyl groups is 1. The third-order valence-electron chi connectivity index (χ3n) is 2.90. The Labute approximate surface area is 113 Å². The van der Waals surface area contributed by atoms with Crippen molar-refractivity contribution in [2.45, 2.75) is 6.42 Å². The number of nitrogens with zero attached hydrogens (tertiary/aromatic N) is 1. The van der Waals surface area contributed by atoms with Crippen molar-refractivity contribution >= 4 is 5.91 Å². The third-order valence-corrected chi connectivity index (χ3v) is 2.90. The number of hydrogen-bond acceptors (Lipinski definition) is 2. The molecule has 0 saturated carbocycles. The van der Waals surface area contributed by atoms with E-state index in [0.29, 0.717) is 12.0 Å². The molecule has 0 atom stereocenters. The minimum Gasteiger partial charge on any atom is -0.508 e. The first kappa shape index (κ1) is 13.1. The molecule has 0 aliphatic carbocycles. The molecule has 0 aliphatic heterocycles. The molecule has 2 aromatic rings. The highest BCUT2D eigenvalue weighted by Gasteiger charge is 2.08. The van der Waals surface area contributed by atoms with Gasteiger partial charge >= 0.3 is 0 Å². The van der Waals surface area contributed by atoms with Gasteiger partial charge in [-0.3, -0.25) is 4.79 Å². The standard InChI is InChI=1S/C16H17NO2/c1-17(2)16(19)14-7-3-5-12(10-14)9-13-6-4-8-15(18)11-13/h3-8,10-11,18H,9H2,1-2H3. The van der Waals surface area contributed by atoms with E-state index in [1.54, 1.807) is 31.1 Å². The molecule has 2 rings (SSSR count). The van der Waals surface area contributed by atoms with Gasteiger partial charge in [-0.25, -0.2) is 0 Å². The van der Waals surface area contributed by atoms with Gasteiger partial charge in [-0.1, -0.05) is 24.3 Å². The second kappa shape index (κ2) is 5.57. The zero-order chi connectivity index (χ0) is 13.8. The fraction of sp³-hybridized carbons (Fsp3) is 0.188. The van der Waals surface area contributed by atoms with Crippen LogP contribution in [0, 0.1) is 0 Å². The first-order valence-corrected chi connectivity index (χ1v) is 6.15. The molecular weight excluding hydrogens is 238 g/mol. The van der Waals surface area contributed by atoms with Gasteiger partial charge < -0.3 is 10.0 Å². The van der Waals surface area contributed by atoms with Crippen molar-refractivity contribution in [2.24, 2.45) is 0 Å². The van der Waals surface area contributed by atoms with E-state index in [4.69, 9.17) is 0 Å². The Bertz CT molecular complexity index is 591. The maximum Gasteiger partial charge on any atom is 0.253 e. The summed E-state index contributed by atoms with van der Waals surface area (Å²) in [6, 6.07) is 14.7. The Morgan fingerprint density at radius 3 is 2.32 bits per heavy atom. The number of rotatable bonds is 3. The summed E-state index contributed by atoms with van der Waals surface area (Å²) in [6.07, 6.45) is 0.697. The van der Waals surface area contributed by atoms with Crippen molar-refractivity contribution in [1.82, 2.24) is 4.90 Å². The molecule has 0 unspecified atom stereocenters. The zero-order valence-corrected chi connectivity index (χ0v) is 11.1. The van der Waals surface area contributed by atoms with Gasteiger partial charge in [-0.2, -0.15) is 0 Å². The molecule has 3 nitrogen and oxygen atoms in total. The number of carbonyl (C=O) groups excluding carboxylic acids is 1. The Morgan fingerprint density at radius 1 is 1.05 bits per heavy atom. The fourth-order valence-electron chi connectivity index (χ4n) is 1.97. The number of phenols is 1. The first-order chi connectivity index (χ1) is 9.06. The lowest BCUT2D eigenvalue weighted by Crippen LogP contribution is -2.21. The summed E-state index contributed by atoms with van der Waals surface area (Å²) >= 11 is 0. The van der Waals surface area contributed by atoms with E-state index < -0.39 is 0 Å². The Kier molecular flexibility index (Phi) is 3.85. The Morgan fingerprint density at radius 2 is 1.68 bits per heavy atom. The van der Waals surface area contributed by atoms with Crippen LogP contribution < -0.4 is 0 Å². The molecule has 0 fully saturated rings. The van der Waals surface area contributed by atoms with E-state index in [1.165, 1.54) is 0 Å². The summed E-state index contributed by atoms with van der Waals surface area (Å²) in [5.74, 6) is 0.260. The van der Waals surface area contributed by atoms with Crippen molar-refractivity contribution in [3.63, 3.8) is 0 Å². The zero-order valence-electron chi connectivity index (χ0n) is 11.1. The lowest BCUT2D eigenvalue weighted by molar-refractivity contribution is 0.0827. The average molecular weight is 255 g/mol. The Balaban J connectivity index is 2.22. The number of benzene rings is 2. The normalized spacial score (nSPS) is 10.2. The molecule has 0 radical (unpaired) electrons. The van der Waals surface area contributed by atoms with Crippen LogP contribution in [0.4, 0.5) is 0 Å². The maximum atomic E-state index is 11.9. The van der Waals surface area contributed by atoms with Gasteiger partial charge in [-0.15, -0.1) is 0 Å². The second-order valence-electron chi connectivity index (χ2n) is 4.75. The molecule has 3 heteroatoms. The smallest absolute Gasteiger partial charge is 0.253 e. The third kappa shape index (κ3) is 3.35. The van der Waals surface area contributed by atoms with Gasteiger partial charge in [0.1, 0.15) is 5.75 Å². The molecule has 0 aromatic heterocycles. The van der Waals surface area contributed by atoms with Gasteiger partial charge in [0, 0.05) is 19.7 Å². The highest BCUT2D eigenvalue weighted by molar-refractivity contribution is 5.94. The summed E-state index contributed by atoms with van der Waals surface area (Å²) in [7, 11) is 3.48. The molecule has 0 spiro atoms. The fourth-order valence-corrected chi connectivity index (χ4v) is 1.97. The van der Waals surface area contributed by atoms with Crippen LogP contribution in [-0.4, -0.2) is 30.0 Å². The van der Waals surface area contributed by atoms with Crippen molar-refractivity contribution in [1.29, 1.82) is 0 Å². The minimum absolute atomic E-state index is 0.00208. The SMILES string of the molecule is CN(C)C(=O)c1cccc(Cc2cccc(O)c2)c1. The van der Waals surface area contributed by atoms with E-state index >= 15 is 0 Å². The predicted molar refractivity (Wildman–Crippen MR) is 75.4 cm³/mol. The van der Waals surface area contributed by atoms with Gasteiger partial charge in [0.25, 0.3) is 5.91 Å². The lowest BCUT2D eigenvalue weighted by Gasteiger charge is -2.11. The van der Waals surface area contributed by atoms with E-state index in [9.17, 15) is 9.90 Å². The molecule has 0 bridgehead atoms. The van der Waals surface area contributed by atoms with Gasteiger partial charge in [0.05, 0.1) is 0 Å². The largest absolute Gasteiger partial charge is 0.508 e. The topological polar surface area (TPSA) is 40.5 Å². The molecule has 1 amide bonds. The first-order valence-electron chi connectivity index (χ1n) is 6.15. The Hall–Kier alpha value is -2.29. The molecule has 0 saturated heterocycles. The lowest BCUT2D eigenvalue weighted by atomic mass is 10.0. The van der Waals surface area contributed by atoms with E-state index in [2.05, 4.69) is 0 Å². The van der Waals surface area contributed by atoms with Crippen LogP contribution in [-0.2, 0) is 6.42 Å². The van der Waals surface area contributed by atoms with Crippen LogP contribution in [0.1, 0.15) is 21.5 Å². The van der Waals surface area contributed by atoms with Crippen LogP contribution in [0.15, 0.2) is 48.5 Å². The molecular formula is C16H17NO2. The van der Waals surface area contributed by atoms with Gasteiger partial charge in [0.15, 0.2) is 0 Å². The van der Waals surface area contributed by atoms with Crippen molar-refractivity contribution in [2.75, 3.05) is 14.1 Å². The average Bonchev–Trinajstić information content (AvgIpc) is 2.38. The highest BCUT2D eigenvalue weighted by atomic mass is 16.3. The molecule has 0 heterocycles. The molecule has 19 heavy (non-hydrogen) atoms. The van der Waals surface area contributed by atoms with E-state index in [0.717, 1.165) is 11.1 Å². The molecule has 98 valence electrons. The van der Waals surface area contributed by atoms with Crippen LogP contribution in [0.3, 0.4) is 0 Å². The summed E-state index contributed by atoms with van der Waals surface area (Å²) < 4.78 is 0. The van der Waals surface area contributed by atoms with Crippen LogP contribution >= 0.6 is 0 Å². The van der Waals surface area contributed by atoms with Crippen LogP contribution in [0.5, 0.6) is 5.75 Å². The number of amides is 1. The summed E-state index contributed by atoms with van der Waals surface area (Å²) in [6.45, 7) is 0. The monoisotopic (exact) mass is 255 g/mol. The summed E-state index contributed by atoms with van der Waals surface area (Å²) in [5, 5.41) is 9.45. The van der Waals surface area contributed by atoms with Crippen molar-refractivity contribution < 1.29 is 9.90 Å². The summed E-state index contributed by atoms with van der Waals surface area (Å²) in [5.41, 5.74) is 2.76. The minimum atomic E-state index is -0.00208. The highest BCUT2D eigenvalue weighted by Crippen LogP contribution is 2.16. The van der Waals surface area contributed by atoms with E-state index in [-0.39, 0.29) is 11.7 Å². The number of carbonyl (C=O) groups is 1. The molecule has 2 aromatic carbocycles. The van der Waals surface area contributed by atoms with Crippen LogP contribution in [0.25, 0.3) is 0 Å². The van der Waals surface area contributed by atoms with Gasteiger partial charge in [0.2, 0.25) is 0 Å². The van der Waals surface area contributed by atoms with Crippen molar-refractivity contribution in [3.8, 4) is 5.75 Å². The predicted octanol–water partition coefficient (Wildman–Crippen LogP) is 2.68. The quantitative estimate of drug-likeness (QED) is 0.916. The summed E-state index contributed by atoms with van der Waals surface area (Å²) in [4.78, 5) is 13.5. The molecule has 1 N–H and O–H groups in total. The van der Waals surface area contributed by atoms with Crippen LogP contribution in [0.2, 0.25) is 0 Å². The maximum absolute atomic E-state index is 11.9.